The Hall–Kier alpha value is -1.19. The predicted molar refractivity (Wildman–Crippen MR) is 72.2 cm³/mol. The quantitative estimate of drug-likeness (QED) is 0.571. The van der Waals surface area contributed by atoms with Crippen molar-refractivity contribution in [3.63, 3.8) is 0 Å². The number of nitrogens with zero attached hydrogens (tertiary/aromatic N) is 1. The van der Waals surface area contributed by atoms with Crippen molar-refractivity contribution in [3.8, 4) is 0 Å². The summed E-state index contributed by atoms with van der Waals surface area (Å²) in [6, 6.07) is -1.19. The van der Waals surface area contributed by atoms with Crippen molar-refractivity contribution in [3.05, 3.63) is 0 Å². The van der Waals surface area contributed by atoms with Crippen LogP contribution in [-0.4, -0.2) is 56.5 Å². The van der Waals surface area contributed by atoms with Gasteiger partial charge >= 0.3 is 11.9 Å². The zero-order chi connectivity index (χ0) is 15.9. The molecule has 0 aliphatic carbocycles. The third kappa shape index (κ3) is 6.83. The van der Waals surface area contributed by atoms with Crippen molar-refractivity contribution in [2.24, 2.45) is 5.92 Å². The zero-order valence-corrected chi connectivity index (χ0v) is 12.9. The van der Waals surface area contributed by atoms with Crippen LogP contribution >= 0.6 is 0 Å². The molecule has 0 unspecified atom stereocenters. The fourth-order valence-electron chi connectivity index (χ4n) is 1.41. The first-order chi connectivity index (χ1) is 9.10. The summed E-state index contributed by atoms with van der Waals surface area (Å²) in [5, 5.41) is 9.00. The van der Waals surface area contributed by atoms with Gasteiger partial charge in [0, 0.05) is 13.6 Å². The van der Waals surface area contributed by atoms with E-state index in [0.29, 0.717) is 0 Å². The number of aliphatic carboxylic acids is 1. The number of ether oxygens (including phenoxy) is 1. The molecule has 0 radical (unpaired) electrons. The monoisotopic (exact) mass is 310 g/mol. The number of hydrogen-bond acceptors (Lipinski definition) is 5. The summed E-state index contributed by atoms with van der Waals surface area (Å²) in [5.41, 5.74) is 0. The Morgan fingerprint density at radius 2 is 1.90 bits per heavy atom. The first kappa shape index (κ1) is 18.8. The minimum Gasteiger partial charge on any atom is -0.480 e. The van der Waals surface area contributed by atoms with Crippen molar-refractivity contribution in [2.75, 3.05) is 20.7 Å². The normalized spacial score (nSPS) is 13.5. The molecule has 0 aromatic heterocycles. The largest absolute Gasteiger partial charge is 0.480 e. The second kappa shape index (κ2) is 8.18. The number of esters is 1. The van der Waals surface area contributed by atoms with E-state index in [1.54, 1.807) is 13.8 Å². The molecule has 118 valence electrons. The van der Waals surface area contributed by atoms with Gasteiger partial charge in [-0.2, -0.15) is 17.4 Å². The number of carboxylic acid groups (broad SMARTS) is 1. The van der Waals surface area contributed by atoms with Crippen LogP contribution in [-0.2, 0) is 24.5 Å². The van der Waals surface area contributed by atoms with Gasteiger partial charge in [0.1, 0.15) is 6.04 Å². The van der Waals surface area contributed by atoms with E-state index in [0.717, 1.165) is 4.31 Å². The van der Waals surface area contributed by atoms with E-state index < -0.39 is 28.2 Å². The predicted octanol–water partition coefficient (Wildman–Crippen LogP) is -0.185. The maximum absolute atomic E-state index is 11.9. The molecule has 9 heteroatoms. The molecule has 0 heterocycles. The summed E-state index contributed by atoms with van der Waals surface area (Å²) >= 11 is 0. The molecule has 0 aliphatic heterocycles. The van der Waals surface area contributed by atoms with Gasteiger partial charge in [-0.05, 0) is 12.3 Å². The van der Waals surface area contributed by atoms with Crippen molar-refractivity contribution in [1.82, 2.24) is 9.03 Å². The number of methoxy groups -OCH3 is 1. The Morgan fingerprint density at radius 3 is 2.30 bits per heavy atom. The highest BCUT2D eigenvalue weighted by atomic mass is 32.2. The molecule has 0 aromatic carbocycles. The first-order valence-corrected chi connectivity index (χ1v) is 7.57. The SMILES string of the molecule is COC(=O)CCN(C)S(=O)(=O)N[C@@H](CC(C)C)C(=O)O. The fraction of sp³-hybridized carbons (Fsp3) is 0.818. The van der Waals surface area contributed by atoms with Gasteiger partial charge in [-0.1, -0.05) is 13.8 Å². The second-order valence-corrected chi connectivity index (χ2v) is 6.60. The van der Waals surface area contributed by atoms with Crippen LogP contribution in [0.5, 0.6) is 0 Å². The van der Waals surface area contributed by atoms with Crippen LogP contribution in [0.2, 0.25) is 0 Å². The summed E-state index contributed by atoms with van der Waals surface area (Å²) < 4.78 is 31.3. The van der Waals surface area contributed by atoms with Crippen LogP contribution < -0.4 is 4.72 Å². The molecule has 0 spiro atoms. The van der Waals surface area contributed by atoms with Gasteiger partial charge in [0.25, 0.3) is 10.2 Å². The molecule has 0 aromatic rings. The molecule has 0 saturated carbocycles. The topological polar surface area (TPSA) is 113 Å². The molecule has 8 nitrogen and oxygen atoms in total. The molecule has 2 N–H and O–H groups in total. The number of carbonyl (C=O) groups is 2. The minimum absolute atomic E-state index is 0.0270. The molecule has 0 saturated heterocycles. The number of carboxylic acids is 1. The highest BCUT2D eigenvalue weighted by molar-refractivity contribution is 7.87. The Morgan fingerprint density at radius 1 is 1.35 bits per heavy atom. The van der Waals surface area contributed by atoms with E-state index in [9.17, 15) is 18.0 Å². The van der Waals surface area contributed by atoms with E-state index in [2.05, 4.69) is 9.46 Å². The van der Waals surface area contributed by atoms with Crippen LogP contribution in [0.3, 0.4) is 0 Å². The molecular formula is C11H22N2O6S. The summed E-state index contributed by atoms with van der Waals surface area (Å²) in [6.45, 7) is 3.51. The first-order valence-electron chi connectivity index (χ1n) is 6.13. The molecule has 0 aliphatic rings. The van der Waals surface area contributed by atoms with E-state index in [-0.39, 0.29) is 25.3 Å². The minimum atomic E-state index is -3.96. The van der Waals surface area contributed by atoms with Gasteiger partial charge in [0.15, 0.2) is 0 Å². The molecule has 0 bridgehead atoms. The van der Waals surface area contributed by atoms with E-state index in [1.807, 2.05) is 0 Å². The molecular weight excluding hydrogens is 288 g/mol. The van der Waals surface area contributed by atoms with E-state index >= 15 is 0 Å². The molecule has 1 atom stereocenters. The zero-order valence-electron chi connectivity index (χ0n) is 12.1. The van der Waals surface area contributed by atoms with Crippen molar-refractivity contribution < 1.29 is 27.9 Å². The van der Waals surface area contributed by atoms with Gasteiger partial charge < -0.3 is 9.84 Å². The van der Waals surface area contributed by atoms with E-state index in [4.69, 9.17) is 5.11 Å². The summed E-state index contributed by atoms with van der Waals surface area (Å²) in [7, 11) is -1.49. The smallest absolute Gasteiger partial charge is 0.321 e. The van der Waals surface area contributed by atoms with Crippen LogP contribution in [0.25, 0.3) is 0 Å². The Labute approximate surface area is 119 Å². The van der Waals surface area contributed by atoms with Crippen LogP contribution in [0.15, 0.2) is 0 Å². The number of nitrogens with one attached hydrogen (secondary N) is 1. The summed E-state index contributed by atoms with van der Waals surface area (Å²) in [5.74, 6) is -1.74. The molecule has 20 heavy (non-hydrogen) atoms. The molecule has 0 amide bonds. The van der Waals surface area contributed by atoms with Gasteiger partial charge in [-0.25, -0.2) is 0 Å². The fourth-order valence-corrected chi connectivity index (χ4v) is 2.48. The highest BCUT2D eigenvalue weighted by Crippen LogP contribution is 2.08. The lowest BCUT2D eigenvalue weighted by Gasteiger charge is -2.21. The summed E-state index contributed by atoms with van der Waals surface area (Å²) in [6.07, 6.45) is 0.0786. The van der Waals surface area contributed by atoms with Gasteiger partial charge in [-0.15, -0.1) is 0 Å². The summed E-state index contributed by atoms with van der Waals surface area (Å²) in [4.78, 5) is 22.0. The van der Waals surface area contributed by atoms with Crippen LogP contribution in [0.1, 0.15) is 26.7 Å². The van der Waals surface area contributed by atoms with Crippen LogP contribution in [0, 0.1) is 5.92 Å². The van der Waals surface area contributed by atoms with Gasteiger partial charge in [0.2, 0.25) is 0 Å². The maximum Gasteiger partial charge on any atom is 0.321 e. The number of carbonyl (C=O) groups excluding carboxylic acids is 1. The highest BCUT2D eigenvalue weighted by Gasteiger charge is 2.27. The van der Waals surface area contributed by atoms with Gasteiger partial charge in [-0.3, -0.25) is 9.59 Å². The average Bonchev–Trinajstić information content (AvgIpc) is 2.33. The Balaban J connectivity index is 4.68. The lowest BCUT2D eigenvalue weighted by Crippen LogP contribution is -2.48. The standard InChI is InChI=1S/C11H22N2O6S/c1-8(2)7-9(11(15)16)12-20(17,18)13(3)6-5-10(14)19-4/h8-9,12H,5-7H2,1-4H3,(H,15,16)/t9-/m0/s1. The lowest BCUT2D eigenvalue weighted by molar-refractivity contribution is -0.141. The third-order valence-electron chi connectivity index (χ3n) is 2.57. The third-order valence-corrected chi connectivity index (χ3v) is 4.15. The lowest BCUT2D eigenvalue weighted by atomic mass is 10.1. The average molecular weight is 310 g/mol. The van der Waals surface area contributed by atoms with Crippen molar-refractivity contribution in [1.29, 1.82) is 0 Å². The Bertz CT molecular complexity index is 434. The van der Waals surface area contributed by atoms with Crippen molar-refractivity contribution >= 4 is 22.1 Å². The molecule has 0 rings (SSSR count). The maximum atomic E-state index is 11.9. The number of rotatable bonds is 9. The van der Waals surface area contributed by atoms with E-state index in [1.165, 1.54) is 14.2 Å². The Kier molecular flexibility index (Phi) is 7.69. The number of hydrogen-bond donors (Lipinski definition) is 2. The van der Waals surface area contributed by atoms with Crippen molar-refractivity contribution in [2.45, 2.75) is 32.7 Å². The van der Waals surface area contributed by atoms with Gasteiger partial charge in [0.05, 0.1) is 13.5 Å². The molecule has 0 fully saturated rings. The second-order valence-electron chi connectivity index (χ2n) is 4.79. The van der Waals surface area contributed by atoms with Crippen LogP contribution in [0.4, 0.5) is 0 Å².